The molecule has 5 heteroatoms. The highest BCUT2D eigenvalue weighted by molar-refractivity contribution is 6.89. The van der Waals surface area contributed by atoms with Crippen LogP contribution in [0.15, 0.2) is 6.20 Å². The van der Waals surface area contributed by atoms with E-state index in [4.69, 9.17) is 5.73 Å². The van der Waals surface area contributed by atoms with Crippen molar-refractivity contribution in [3.05, 3.63) is 6.20 Å². The zero-order valence-electron chi connectivity index (χ0n) is 8.05. The molecule has 0 bridgehead atoms. The molecule has 2 N–H and O–H groups in total. The van der Waals surface area contributed by atoms with Crippen LogP contribution in [0.1, 0.15) is 0 Å². The van der Waals surface area contributed by atoms with E-state index in [0.29, 0.717) is 5.82 Å². The summed E-state index contributed by atoms with van der Waals surface area (Å²) >= 11 is 0. The monoisotopic (exact) mass is 179 g/mol. The number of nitrogen functional groups attached to an aromatic ring is 1. The lowest BCUT2D eigenvalue weighted by Crippen LogP contribution is -2.45. The fourth-order valence-corrected chi connectivity index (χ4v) is 2.38. The normalized spacial score (nSPS) is 11.6. The predicted molar refractivity (Wildman–Crippen MR) is 57.6 cm³/mol. The molecule has 0 aliphatic carbocycles. The van der Waals surface area contributed by atoms with Crippen LogP contribution in [0.4, 0.5) is 5.82 Å². The largest absolute Gasteiger partial charge is 0.383 e. The van der Waals surface area contributed by atoms with Crippen molar-refractivity contribution in [2.24, 2.45) is 0 Å². The average molecular weight is 179 g/mol. The van der Waals surface area contributed by atoms with Crippen molar-refractivity contribution in [3.63, 3.8) is 0 Å². The number of hydrogen-bond donors (Lipinski definition) is 1. The molecule has 1 aromatic rings. The van der Waals surface area contributed by atoms with Crippen molar-refractivity contribution in [2.45, 2.75) is 19.6 Å². The van der Waals surface area contributed by atoms with Gasteiger partial charge >= 0.3 is 0 Å². The van der Waals surface area contributed by atoms with Crippen LogP contribution in [-0.4, -0.2) is 25.9 Å². The Kier molecular flexibility index (Phi) is 2.23. The molecule has 0 aliphatic heterocycles. The molecule has 0 unspecified atom stereocenters. The van der Waals surface area contributed by atoms with Crippen LogP contribution in [0.5, 0.6) is 0 Å². The zero-order chi connectivity index (χ0) is 9.35. The van der Waals surface area contributed by atoms with E-state index in [9.17, 15) is 0 Å². The van der Waals surface area contributed by atoms with Crippen molar-refractivity contribution in [2.75, 3.05) is 5.73 Å². The van der Waals surface area contributed by atoms with Gasteiger partial charge in [0, 0.05) is 11.8 Å². The number of rotatable bonds is 1. The first kappa shape index (κ1) is 9.25. The molecule has 0 saturated heterocycles. The summed E-state index contributed by atoms with van der Waals surface area (Å²) in [4.78, 5) is 8.51. The quantitative estimate of drug-likeness (QED) is 0.554. The summed E-state index contributed by atoms with van der Waals surface area (Å²) in [5.41, 5.74) is 6.68. The molecule has 0 amide bonds. The predicted octanol–water partition coefficient (Wildman–Crippen LogP) is -1.14. The summed E-state index contributed by atoms with van der Waals surface area (Å²) < 4.78 is 0. The molecular weight excluding hydrogens is 165 g/mol. The van der Waals surface area contributed by atoms with Crippen molar-refractivity contribution >= 4 is 32.6 Å². The Bertz CT molecular complexity index is 295. The molecule has 1 aromatic heterocycles. The number of hydrogen-bond acceptors (Lipinski definition) is 3. The van der Waals surface area contributed by atoms with Gasteiger partial charge in [0.05, 0.1) is 5.32 Å². The van der Waals surface area contributed by atoms with E-state index in [-0.39, 0.29) is 0 Å². The molecule has 3 nitrogen and oxygen atoms in total. The van der Waals surface area contributed by atoms with Crippen LogP contribution >= 0.6 is 0 Å². The highest BCUT2D eigenvalue weighted by Crippen LogP contribution is 2.02. The Balaban J connectivity index is 3.23. The van der Waals surface area contributed by atoms with E-state index in [2.05, 4.69) is 29.6 Å². The maximum absolute atomic E-state index is 5.74. The van der Waals surface area contributed by atoms with E-state index in [0.717, 1.165) is 10.9 Å². The van der Waals surface area contributed by atoms with Gasteiger partial charge in [0.1, 0.15) is 13.9 Å². The maximum atomic E-state index is 5.74. The van der Waals surface area contributed by atoms with Crippen LogP contribution in [0.2, 0.25) is 19.6 Å². The minimum atomic E-state index is -1.41. The Morgan fingerprint density at radius 1 is 1.42 bits per heavy atom. The van der Waals surface area contributed by atoms with E-state index >= 15 is 0 Å². The van der Waals surface area contributed by atoms with Gasteiger partial charge in [-0.3, -0.25) is 4.98 Å². The molecule has 64 valence electrons. The number of nitrogens with two attached hydrogens (primary N) is 1. The van der Waals surface area contributed by atoms with Crippen molar-refractivity contribution in [1.82, 2.24) is 9.97 Å². The first-order valence-electron chi connectivity index (χ1n) is 4.01. The lowest BCUT2D eigenvalue weighted by atomic mass is 10.1. The lowest BCUT2D eigenvalue weighted by molar-refractivity contribution is 1.28. The second kappa shape index (κ2) is 2.90. The standard InChI is InChI=1S/C7H14BN3Si/c1-12(2,3)7-6(9)10-4-5(8)11-7/h4H,8H2,1-3H3,(H2,9,10). The van der Waals surface area contributed by atoms with E-state index in [1.807, 2.05) is 7.85 Å². The third-order valence-corrected chi connectivity index (χ3v) is 3.42. The summed E-state index contributed by atoms with van der Waals surface area (Å²) in [6.07, 6.45) is 1.71. The van der Waals surface area contributed by atoms with Crippen LogP contribution in [0.25, 0.3) is 0 Å². The molecule has 0 atom stereocenters. The van der Waals surface area contributed by atoms with Crippen LogP contribution in [0, 0.1) is 0 Å². The van der Waals surface area contributed by atoms with Crippen LogP contribution < -0.4 is 16.6 Å². The molecular formula is C7H14BN3Si. The van der Waals surface area contributed by atoms with Gasteiger partial charge in [-0.15, -0.1) is 0 Å². The van der Waals surface area contributed by atoms with Crippen LogP contribution in [-0.2, 0) is 0 Å². The maximum Gasteiger partial charge on any atom is 0.166 e. The summed E-state index contributed by atoms with van der Waals surface area (Å²) in [7, 11) is 0.533. The summed E-state index contributed by atoms with van der Waals surface area (Å²) in [6, 6.07) is 0. The Morgan fingerprint density at radius 2 is 2.00 bits per heavy atom. The smallest absolute Gasteiger partial charge is 0.166 e. The van der Waals surface area contributed by atoms with Crippen molar-refractivity contribution < 1.29 is 0 Å². The minimum Gasteiger partial charge on any atom is -0.383 e. The van der Waals surface area contributed by atoms with Gasteiger partial charge < -0.3 is 5.73 Å². The van der Waals surface area contributed by atoms with E-state index in [1.54, 1.807) is 6.20 Å². The van der Waals surface area contributed by atoms with Gasteiger partial charge in [-0.2, -0.15) is 0 Å². The van der Waals surface area contributed by atoms with Crippen LogP contribution in [0.3, 0.4) is 0 Å². The molecule has 1 heterocycles. The van der Waals surface area contributed by atoms with Gasteiger partial charge in [0.25, 0.3) is 0 Å². The number of aromatic nitrogens is 2. The number of nitrogens with zero attached hydrogens (tertiary/aromatic N) is 2. The van der Waals surface area contributed by atoms with Crippen molar-refractivity contribution in [1.29, 1.82) is 0 Å². The molecule has 0 fully saturated rings. The highest BCUT2D eigenvalue weighted by Gasteiger charge is 2.21. The number of anilines is 1. The molecule has 1 rings (SSSR count). The minimum absolute atomic E-state index is 0.597. The second-order valence-corrected chi connectivity index (χ2v) is 8.97. The lowest BCUT2D eigenvalue weighted by Gasteiger charge is -2.16. The molecule has 0 spiro atoms. The summed E-state index contributed by atoms with van der Waals surface area (Å²) in [6.45, 7) is 6.65. The fourth-order valence-electron chi connectivity index (χ4n) is 1.04. The first-order chi connectivity index (χ1) is 5.41. The third kappa shape index (κ3) is 1.85. The molecule has 0 saturated carbocycles. The molecule has 0 aliphatic rings. The van der Waals surface area contributed by atoms with E-state index in [1.165, 1.54) is 0 Å². The van der Waals surface area contributed by atoms with Gasteiger partial charge in [-0.1, -0.05) is 19.6 Å². The van der Waals surface area contributed by atoms with Gasteiger partial charge in [-0.05, 0) is 0 Å². The summed E-state index contributed by atoms with van der Waals surface area (Å²) in [5.74, 6) is 0.597. The zero-order valence-corrected chi connectivity index (χ0v) is 9.05. The molecule has 12 heavy (non-hydrogen) atoms. The molecule has 0 radical (unpaired) electrons. The topological polar surface area (TPSA) is 51.8 Å². The highest BCUT2D eigenvalue weighted by atomic mass is 28.3. The fraction of sp³-hybridized carbons (Fsp3) is 0.429. The molecule has 0 aromatic carbocycles. The van der Waals surface area contributed by atoms with Gasteiger partial charge in [0.15, 0.2) is 7.85 Å². The average Bonchev–Trinajstić information content (AvgIpc) is 1.92. The Hall–Kier alpha value is -0.838. The van der Waals surface area contributed by atoms with E-state index < -0.39 is 8.07 Å². The van der Waals surface area contributed by atoms with Crippen molar-refractivity contribution in [3.8, 4) is 0 Å². The SMILES string of the molecule is Bc1cnc(N)c([Si](C)(C)C)n1. The summed E-state index contributed by atoms with van der Waals surface area (Å²) in [5, 5.41) is 1.02. The van der Waals surface area contributed by atoms with Gasteiger partial charge in [0.2, 0.25) is 0 Å². The Morgan fingerprint density at radius 3 is 2.42 bits per heavy atom. The van der Waals surface area contributed by atoms with Gasteiger partial charge in [-0.25, -0.2) is 4.98 Å². The third-order valence-electron chi connectivity index (χ3n) is 1.63. The second-order valence-electron chi connectivity index (χ2n) is 4.00. The first-order valence-corrected chi connectivity index (χ1v) is 7.51. The Labute approximate surface area is 74.8 Å².